The summed E-state index contributed by atoms with van der Waals surface area (Å²) >= 11 is 0. The Kier molecular flexibility index (Phi) is 7.27. The summed E-state index contributed by atoms with van der Waals surface area (Å²) in [7, 11) is 3.83. The number of aliphatic imine (C=N–C) groups is 1. The fourth-order valence-electron chi connectivity index (χ4n) is 3.76. The molecule has 2 aromatic carbocycles. The van der Waals surface area contributed by atoms with E-state index in [-0.39, 0.29) is 6.79 Å². The summed E-state index contributed by atoms with van der Waals surface area (Å²) < 4.78 is 22.2. The van der Waals surface area contributed by atoms with Gasteiger partial charge in [0.2, 0.25) is 6.79 Å². The third-order valence-corrected chi connectivity index (χ3v) is 5.56. The predicted molar refractivity (Wildman–Crippen MR) is 119 cm³/mol. The Hall–Kier alpha value is -2.77. The van der Waals surface area contributed by atoms with E-state index in [4.69, 9.17) is 18.9 Å². The summed E-state index contributed by atoms with van der Waals surface area (Å²) in [4.78, 5) is 6.51. The Morgan fingerprint density at radius 3 is 2.52 bits per heavy atom. The number of hydrogen-bond acceptors (Lipinski definition) is 5. The van der Waals surface area contributed by atoms with Crippen LogP contribution in [0.25, 0.3) is 0 Å². The van der Waals surface area contributed by atoms with E-state index in [0.29, 0.717) is 19.3 Å². The lowest BCUT2D eigenvalue weighted by atomic mass is 10.1. The first-order chi connectivity index (χ1) is 15.2. The highest BCUT2D eigenvalue weighted by Crippen LogP contribution is 2.32. The zero-order valence-electron chi connectivity index (χ0n) is 18.3. The topological polar surface area (TPSA) is 64.6 Å². The van der Waals surface area contributed by atoms with E-state index < -0.39 is 0 Å². The fourth-order valence-corrected chi connectivity index (χ4v) is 3.76. The van der Waals surface area contributed by atoms with Gasteiger partial charge in [0.1, 0.15) is 0 Å². The standard InChI is InChI=1S/C24H31N3O4/c1-25-24(27(2)15-20-7-8-22-23(13-20)31-17-30-22)26-14-18-3-5-19(6-4-18)16-29-21-9-11-28-12-10-21/h3-8,13,21H,9-12,14-17H2,1-2H3,(H,25,26). The van der Waals surface area contributed by atoms with Gasteiger partial charge >= 0.3 is 0 Å². The third kappa shape index (κ3) is 5.89. The minimum atomic E-state index is 0.290. The molecule has 2 heterocycles. The summed E-state index contributed by atoms with van der Waals surface area (Å²) in [5.74, 6) is 2.44. The summed E-state index contributed by atoms with van der Waals surface area (Å²) in [6.07, 6.45) is 2.29. The Labute approximate surface area is 184 Å². The van der Waals surface area contributed by atoms with Crippen molar-refractivity contribution in [3.8, 4) is 11.5 Å². The maximum Gasteiger partial charge on any atom is 0.231 e. The summed E-state index contributed by atoms with van der Waals surface area (Å²) in [5, 5.41) is 3.44. The lowest BCUT2D eigenvalue weighted by molar-refractivity contribution is -0.0390. The van der Waals surface area contributed by atoms with Crippen LogP contribution in [0, 0.1) is 0 Å². The molecule has 0 saturated carbocycles. The van der Waals surface area contributed by atoms with E-state index >= 15 is 0 Å². The van der Waals surface area contributed by atoms with Crippen LogP contribution in [0.1, 0.15) is 29.5 Å². The molecule has 31 heavy (non-hydrogen) atoms. The second-order valence-electron chi connectivity index (χ2n) is 7.88. The van der Waals surface area contributed by atoms with Gasteiger partial charge in [-0.15, -0.1) is 0 Å². The number of guanidine groups is 1. The summed E-state index contributed by atoms with van der Waals surface area (Å²) in [6, 6.07) is 14.6. The van der Waals surface area contributed by atoms with Crippen molar-refractivity contribution in [3.05, 3.63) is 59.2 Å². The molecule has 0 aliphatic carbocycles. The van der Waals surface area contributed by atoms with E-state index in [0.717, 1.165) is 55.6 Å². The minimum Gasteiger partial charge on any atom is -0.454 e. The minimum absolute atomic E-state index is 0.290. The van der Waals surface area contributed by atoms with Crippen molar-refractivity contribution in [3.63, 3.8) is 0 Å². The quantitative estimate of drug-likeness (QED) is 0.542. The van der Waals surface area contributed by atoms with Gasteiger partial charge in [-0.25, -0.2) is 0 Å². The molecule has 0 bridgehead atoms. The molecule has 1 saturated heterocycles. The third-order valence-electron chi connectivity index (χ3n) is 5.56. The molecule has 0 amide bonds. The number of nitrogens with one attached hydrogen (secondary N) is 1. The molecule has 1 N–H and O–H groups in total. The van der Waals surface area contributed by atoms with Crippen LogP contribution < -0.4 is 14.8 Å². The monoisotopic (exact) mass is 425 g/mol. The average molecular weight is 426 g/mol. The SMILES string of the molecule is CN=C(NCc1ccc(COC2CCOCC2)cc1)N(C)Cc1ccc2c(c1)OCO2. The lowest BCUT2D eigenvalue weighted by Crippen LogP contribution is -2.38. The zero-order valence-corrected chi connectivity index (χ0v) is 18.3. The lowest BCUT2D eigenvalue weighted by Gasteiger charge is -2.23. The van der Waals surface area contributed by atoms with E-state index in [1.807, 2.05) is 19.2 Å². The first-order valence-corrected chi connectivity index (χ1v) is 10.8. The maximum atomic E-state index is 6.00. The van der Waals surface area contributed by atoms with Gasteiger partial charge in [0.05, 0.1) is 12.7 Å². The molecule has 166 valence electrons. The van der Waals surface area contributed by atoms with Crippen molar-refractivity contribution in [2.24, 2.45) is 4.99 Å². The van der Waals surface area contributed by atoms with Gasteiger partial charge in [0, 0.05) is 40.4 Å². The Morgan fingerprint density at radius 1 is 1.03 bits per heavy atom. The van der Waals surface area contributed by atoms with E-state index in [9.17, 15) is 0 Å². The van der Waals surface area contributed by atoms with Crippen molar-refractivity contribution >= 4 is 5.96 Å². The van der Waals surface area contributed by atoms with Crippen molar-refractivity contribution in [2.75, 3.05) is 34.1 Å². The highest BCUT2D eigenvalue weighted by Gasteiger charge is 2.15. The molecule has 7 nitrogen and oxygen atoms in total. The van der Waals surface area contributed by atoms with Crippen LogP contribution in [-0.2, 0) is 29.2 Å². The zero-order chi connectivity index (χ0) is 21.5. The number of rotatable bonds is 7. The van der Waals surface area contributed by atoms with E-state index in [1.54, 1.807) is 7.05 Å². The van der Waals surface area contributed by atoms with Gasteiger partial charge in [0.15, 0.2) is 17.5 Å². The Balaban J connectivity index is 1.25. The van der Waals surface area contributed by atoms with Crippen LogP contribution in [-0.4, -0.2) is 51.1 Å². The molecule has 2 aliphatic heterocycles. The molecular weight excluding hydrogens is 394 g/mol. The van der Waals surface area contributed by atoms with Crippen LogP contribution in [0.5, 0.6) is 11.5 Å². The molecule has 2 aliphatic rings. The average Bonchev–Trinajstić information content (AvgIpc) is 3.27. The van der Waals surface area contributed by atoms with Gasteiger partial charge in [-0.2, -0.15) is 0 Å². The Bertz CT molecular complexity index is 879. The highest BCUT2D eigenvalue weighted by atomic mass is 16.7. The molecule has 1 fully saturated rings. The number of benzene rings is 2. The molecule has 0 unspecified atom stereocenters. The molecule has 2 aromatic rings. The predicted octanol–water partition coefficient (Wildman–Crippen LogP) is 3.32. The molecule has 0 aromatic heterocycles. The normalized spacial score (nSPS) is 16.4. The Morgan fingerprint density at radius 2 is 1.74 bits per heavy atom. The number of hydrogen-bond donors (Lipinski definition) is 1. The second-order valence-corrected chi connectivity index (χ2v) is 7.88. The molecular formula is C24H31N3O4. The molecule has 7 heteroatoms. The summed E-state index contributed by atoms with van der Waals surface area (Å²) in [5.41, 5.74) is 3.54. The first-order valence-electron chi connectivity index (χ1n) is 10.8. The number of fused-ring (bicyclic) bond motifs is 1. The largest absolute Gasteiger partial charge is 0.454 e. The van der Waals surface area contributed by atoms with Crippen LogP contribution in [0.2, 0.25) is 0 Å². The van der Waals surface area contributed by atoms with Crippen molar-refractivity contribution in [2.45, 2.75) is 38.6 Å². The number of ether oxygens (including phenoxy) is 4. The van der Waals surface area contributed by atoms with Crippen molar-refractivity contribution in [1.82, 2.24) is 10.2 Å². The van der Waals surface area contributed by atoms with E-state index in [2.05, 4.69) is 45.5 Å². The summed E-state index contributed by atoms with van der Waals surface area (Å²) in [6.45, 7) is 3.98. The van der Waals surface area contributed by atoms with Crippen LogP contribution >= 0.6 is 0 Å². The van der Waals surface area contributed by atoms with Gasteiger partial charge in [0.25, 0.3) is 0 Å². The van der Waals surface area contributed by atoms with Gasteiger partial charge in [-0.1, -0.05) is 30.3 Å². The maximum absolute atomic E-state index is 6.00. The van der Waals surface area contributed by atoms with Crippen molar-refractivity contribution < 1.29 is 18.9 Å². The van der Waals surface area contributed by atoms with Gasteiger partial charge < -0.3 is 29.2 Å². The molecule has 0 spiro atoms. The van der Waals surface area contributed by atoms with Gasteiger partial charge in [-0.3, -0.25) is 4.99 Å². The second kappa shape index (κ2) is 10.5. The molecule has 4 rings (SSSR count). The number of nitrogens with zero attached hydrogens (tertiary/aromatic N) is 2. The van der Waals surface area contributed by atoms with Crippen LogP contribution in [0.15, 0.2) is 47.5 Å². The van der Waals surface area contributed by atoms with E-state index in [1.165, 1.54) is 11.1 Å². The first kappa shape index (κ1) is 21.5. The van der Waals surface area contributed by atoms with Crippen LogP contribution in [0.3, 0.4) is 0 Å². The smallest absolute Gasteiger partial charge is 0.231 e. The van der Waals surface area contributed by atoms with Gasteiger partial charge in [-0.05, 0) is 41.7 Å². The molecule has 0 atom stereocenters. The molecule has 0 radical (unpaired) electrons. The highest BCUT2D eigenvalue weighted by molar-refractivity contribution is 5.79. The van der Waals surface area contributed by atoms with Crippen LogP contribution in [0.4, 0.5) is 0 Å². The van der Waals surface area contributed by atoms with Crippen molar-refractivity contribution in [1.29, 1.82) is 0 Å². The fraction of sp³-hybridized carbons (Fsp3) is 0.458.